The van der Waals surface area contributed by atoms with Crippen LogP contribution in [0.3, 0.4) is 0 Å². The molecule has 5 heterocycles. The number of aryl methyl sites for hydroxylation is 2. The van der Waals surface area contributed by atoms with Gasteiger partial charge in [0.25, 0.3) is 0 Å². The van der Waals surface area contributed by atoms with Crippen LogP contribution in [0.5, 0.6) is 0 Å². The van der Waals surface area contributed by atoms with E-state index in [1.807, 2.05) is 13.0 Å². The van der Waals surface area contributed by atoms with Crippen LogP contribution in [0.15, 0.2) is 30.3 Å². The molecule has 2 aromatic heterocycles. The van der Waals surface area contributed by atoms with Crippen LogP contribution in [0.25, 0.3) is 32.9 Å². The number of benzene rings is 2. The van der Waals surface area contributed by atoms with Crippen molar-refractivity contribution in [1.29, 1.82) is 5.26 Å². The number of carbonyl (C=O) groups excluding carboxylic acids is 1. The minimum absolute atomic E-state index is 0.00509. The lowest BCUT2D eigenvalue weighted by atomic mass is 9.79. The van der Waals surface area contributed by atoms with Crippen molar-refractivity contribution in [2.45, 2.75) is 101 Å². The number of likely N-dealkylation sites (tertiary alicyclic amines) is 1. The molecular weight excluding hydrogens is 660 g/mol. The molecule has 1 amide bonds. The fourth-order valence-corrected chi connectivity index (χ4v) is 9.77. The van der Waals surface area contributed by atoms with Gasteiger partial charge in [0.1, 0.15) is 5.52 Å². The highest BCUT2D eigenvalue weighted by Crippen LogP contribution is 2.51. The fraction of sp³-hybridized carbons (Fsp3) is 0.513. The number of hydrogen-bond donors (Lipinski definition) is 1. The van der Waals surface area contributed by atoms with E-state index in [-0.39, 0.29) is 53.1 Å². The molecule has 3 aliphatic carbocycles. The largest absolute Gasteiger partial charge is 0.373 e. The Morgan fingerprint density at radius 1 is 1.12 bits per heavy atom. The number of nitrogens with one attached hydrogen (secondary N) is 1. The van der Waals surface area contributed by atoms with E-state index in [0.717, 1.165) is 72.7 Å². The first kappa shape index (κ1) is 31.7. The molecule has 0 spiro atoms. The lowest BCUT2D eigenvalue weighted by molar-refractivity contribution is -0.134. The van der Waals surface area contributed by atoms with Crippen LogP contribution in [-0.4, -0.2) is 51.7 Å². The Kier molecular flexibility index (Phi) is 7.92. The van der Waals surface area contributed by atoms with Crippen LogP contribution >= 0.6 is 23.2 Å². The second kappa shape index (κ2) is 12.2. The molecule has 3 saturated carbocycles. The monoisotopic (exact) mass is 699 g/mol. The summed E-state index contributed by atoms with van der Waals surface area (Å²) in [6.07, 6.45) is 9.20. The number of rotatable bonds is 8. The van der Waals surface area contributed by atoms with E-state index in [1.165, 1.54) is 12.8 Å². The Morgan fingerprint density at radius 2 is 1.94 bits per heavy atom. The lowest BCUT2D eigenvalue weighted by Crippen LogP contribution is -2.41. The number of pyridine rings is 1. The van der Waals surface area contributed by atoms with E-state index in [4.69, 9.17) is 32.9 Å². The van der Waals surface area contributed by atoms with Crippen molar-refractivity contribution in [2.24, 2.45) is 11.8 Å². The Bertz CT molecular complexity index is 2030. The standard InChI is InChI=1S/C39H40Cl2FN5O2/c1-20-27-17-32(31-16-25(49-24-7-2-3-8-24)19-46(31)39(48)21-11-12-21)47(37-23-15-30(37)44-18-23)38(27)28-14-22(6-5-13-43)33(35(42)36(28)45-20)26-9-4-10-29(40)34(26)41/h4,9-10,14,17,21,23-25,30-31,37,44H,2-3,5-8,11-12,15-16,18-19H2,1H3/t23-,25+,30-,31-,37+/m1/s1. The van der Waals surface area contributed by atoms with Gasteiger partial charge in [0.2, 0.25) is 5.91 Å². The van der Waals surface area contributed by atoms with Crippen LogP contribution in [0.4, 0.5) is 4.39 Å². The van der Waals surface area contributed by atoms with Crippen molar-refractivity contribution in [3.8, 4) is 17.2 Å². The summed E-state index contributed by atoms with van der Waals surface area (Å²) in [5.74, 6) is 0.335. The molecule has 5 atom stereocenters. The van der Waals surface area contributed by atoms with Crippen LogP contribution < -0.4 is 5.32 Å². The number of ether oxygens (including phenoxy) is 1. The first-order valence-corrected chi connectivity index (χ1v) is 18.7. The summed E-state index contributed by atoms with van der Waals surface area (Å²) in [4.78, 5) is 21.0. The van der Waals surface area contributed by atoms with Crippen LogP contribution in [0, 0.1) is 35.9 Å². The smallest absolute Gasteiger partial charge is 0.226 e. The molecule has 1 N–H and O–H groups in total. The van der Waals surface area contributed by atoms with E-state index in [2.05, 4.69) is 26.9 Å². The summed E-state index contributed by atoms with van der Waals surface area (Å²) in [7, 11) is 0. The normalized spacial score (nSPS) is 26.6. The average Bonchev–Trinajstić information content (AvgIpc) is 3.59. The first-order valence-electron chi connectivity index (χ1n) is 18.0. The summed E-state index contributed by atoms with van der Waals surface area (Å²) >= 11 is 13.1. The molecule has 3 aliphatic heterocycles. The Labute approximate surface area is 295 Å². The third kappa shape index (κ3) is 5.18. The van der Waals surface area contributed by atoms with Crippen LogP contribution in [-0.2, 0) is 16.0 Å². The van der Waals surface area contributed by atoms with E-state index in [0.29, 0.717) is 46.6 Å². The van der Waals surface area contributed by atoms with Crippen molar-refractivity contribution in [2.75, 3.05) is 13.1 Å². The molecule has 2 bridgehead atoms. The van der Waals surface area contributed by atoms with Gasteiger partial charge in [-0.1, -0.05) is 48.2 Å². The maximum absolute atomic E-state index is 17.1. The Hall–Kier alpha value is -3.22. The summed E-state index contributed by atoms with van der Waals surface area (Å²) in [6.45, 7) is 3.51. The molecule has 4 aromatic rings. The van der Waals surface area contributed by atoms with Gasteiger partial charge in [-0.05, 0) is 75.1 Å². The minimum atomic E-state index is -0.458. The number of hydrogen-bond acceptors (Lipinski definition) is 5. The number of nitrogens with zero attached hydrogens (tertiary/aromatic N) is 4. The van der Waals surface area contributed by atoms with Gasteiger partial charge in [-0.3, -0.25) is 4.79 Å². The molecule has 49 heavy (non-hydrogen) atoms. The van der Waals surface area contributed by atoms with E-state index in [9.17, 15) is 10.1 Å². The molecule has 0 unspecified atom stereocenters. The third-order valence-electron chi connectivity index (χ3n) is 11.9. The van der Waals surface area contributed by atoms with Gasteiger partial charge in [-0.2, -0.15) is 5.26 Å². The molecule has 254 valence electrons. The van der Waals surface area contributed by atoms with Crippen LogP contribution in [0.1, 0.15) is 86.8 Å². The van der Waals surface area contributed by atoms with Gasteiger partial charge in [-0.25, -0.2) is 9.37 Å². The summed E-state index contributed by atoms with van der Waals surface area (Å²) in [5.41, 5.74) is 4.61. The number of carbonyl (C=O) groups is 1. The summed E-state index contributed by atoms with van der Waals surface area (Å²) in [6, 6.07) is 12.1. The highest BCUT2D eigenvalue weighted by atomic mass is 35.5. The number of halogens is 3. The second-order valence-electron chi connectivity index (χ2n) is 15.0. The zero-order valence-electron chi connectivity index (χ0n) is 27.7. The molecule has 6 fully saturated rings. The quantitative estimate of drug-likeness (QED) is 0.199. The molecule has 0 radical (unpaired) electrons. The fourth-order valence-electron chi connectivity index (χ4n) is 9.38. The number of amides is 1. The summed E-state index contributed by atoms with van der Waals surface area (Å²) in [5, 5.41) is 15.6. The van der Waals surface area contributed by atoms with E-state index in [1.54, 1.807) is 18.2 Å². The van der Waals surface area contributed by atoms with Gasteiger partial charge >= 0.3 is 0 Å². The molecule has 7 nitrogen and oxygen atoms in total. The number of aromatic nitrogens is 2. The highest BCUT2D eigenvalue weighted by Gasteiger charge is 2.51. The minimum Gasteiger partial charge on any atom is -0.373 e. The maximum Gasteiger partial charge on any atom is 0.226 e. The van der Waals surface area contributed by atoms with Crippen molar-refractivity contribution in [1.82, 2.24) is 19.8 Å². The predicted molar refractivity (Wildman–Crippen MR) is 189 cm³/mol. The van der Waals surface area contributed by atoms with Crippen LogP contribution in [0.2, 0.25) is 10.0 Å². The Morgan fingerprint density at radius 3 is 2.65 bits per heavy atom. The number of nitriles is 1. The molecule has 2 aromatic carbocycles. The zero-order valence-corrected chi connectivity index (χ0v) is 29.2. The second-order valence-corrected chi connectivity index (χ2v) is 15.7. The first-order chi connectivity index (χ1) is 23.8. The molecule has 3 saturated heterocycles. The molecular formula is C39H40Cl2FN5O2. The Balaban J connectivity index is 1.26. The van der Waals surface area contributed by atoms with Gasteiger partial charge in [0.15, 0.2) is 5.82 Å². The maximum atomic E-state index is 17.1. The third-order valence-corrected chi connectivity index (χ3v) is 12.8. The topological polar surface area (TPSA) is 83.2 Å². The van der Waals surface area contributed by atoms with E-state index >= 15 is 4.39 Å². The van der Waals surface area contributed by atoms with Gasteiger partial charge in [-0.15, -0.1) is 0 Å². The average molecular weight is 701 g/mol. The molecule has 10 heteroatoms. The van der Waals surface area contributed by atoms with Crippen molar-refractivity contribution >= 4 is 50.9 Å². The molecule has 6 aliphatic rings. The van der Waals surface area contributed by atoms with Gasteiger partial charge in [0, 0.05) is 71.2 Å². The molecule has 10 rings (SSSR count). The van der Waals surface area contributed by atoms with E-state index < -0.39 is 5.82 Å². The van der Waals surface area contributed by atoms with Crippen molar-refractivity contribution in [3.05, 3.63) is 63.1 Å². The SMILES string of the molecule is Cc1nc2c(F)c(-c3cccc(Cl)c3Cl)c(CCC#N)cc2c2c1cc([C@H]1C[C@H](OC3CCCC3)CN1C(=O)C1CC1)n2[C@H]1[C@H]2CN[C@@H]1C2. The number of fused-ring (bicyclic) bond motifs is 4. The van der Waals surface area contributed by atoms with Crippen molar-refractivity contribution in [3.63, 3.8) is 0 Å². The predicted octanol–water partition coefficient (Wildman–Crippen LogP) is 8.61. The lowest BCUT2D eigenvalue weighted by Gasteiger charge is -2.39. The zero-order chi connectivity index (χ0) is 33.6. The van der Waals surface area contributed by atoms with Crippen molar-refractivity contribution < 1.29 is 13.9 Å². The van der Waals surface area contributed by atoms with Gasteiger partial charge in [0.05, 0.1) is 45.9 Å². The van der Waals surface area contributed by atoms with Gasteiger partial charge < -0.3 is 19.5 Å². The summed E-state index contributed by atoms with van der Waals surface area (Å²) < 4.78 is 26.3. The highest BCUT2D eigenvalue weighted by molar-refractivity contribution is 6.43.